The van der Waals surface area contributed by atoms with Gasteiger partial charge in [-0.15, -0.1) is 0 Å². The van der Waals surface area contributed by atoms with Gasteiger partial charge in [0.25, 0.3) is 0 Å². The van der Waals surface area contributed by atoms with Crippen molar-refractivity contribution in [2.75, 3.05) is 36.4 Å². The van der Waals surface area contributed by atoms with Gasteiger partial charge in [0.05, 0.1) is 11.3 Å². The Bertz CT molecular complexity index is 726. The topological polar surface area (TPSA) is 35.6 Å². The molecule has 4 nitrogen and oxygen atoms in total. The van der Waals surface area contributed by atoms with Crippen LogP contribution in [0.3, 0.4) is 0 Å². The Hall–Kier alpha value is -2.70. The van der Waals surface area contributed by atoms with E-state index in [0.717, 1.165) is 11.8 Å². The molecule has 132 valence electrons. The van der Waals surface area contributed by atoms with Crippen molar-refractivity contribution in [1.82, 2.24) is 4.90 Å². The van der Waals surface area contributed by atoms with Crippen LogP contribution in [0.1, 0.15) is 5.56 Å². The van der Waals surface area contributed by atoms with E-state index in [0.29, 0.717) is 26.2 Å². The van der Waals surface area contributed by atoms with Crippen molar-refractivity contribution in [3.05, 3.63) is 60.2 Å². The molecule has 1 aliphatic heterocycles. The maximum Gasteiger partial charge on any atom is 0.418 e. The van der Waals surface area contributed by atoms with Gasteiger partial charge in [0.2, 0.25) is 0 Å². The molecule has 0 radical (unpaired) electrons. The number of benzene rings is 2. The molecule has 0 aliphatic carbocycles. The van der Waals surface area contributed by atoms with E-state index in [2.05, 4.69) is 10.2 Å². The summed E-state index contributed by atoms with van der Waals surface area (Å²) >= 11 is 0. The molecule has 0 saturated carbocycles. The maximum absolute atomic E-state index is 13.0. The van der Waals surface area contributed by atoms with E-state index in [4.69, 9.17) is 0 Å². The van der Waals surface area contributed by atoms with Crippen molar-refractivity contribution in [1.29, 1.82) is 0 Å². The van der Waals surface area contributed by atoms with Gasteiger partial charge in [-0.25, -0.2) is 4.79 Å². The first-order chi connectivity index (χ1) is 11.9. The largest absolute Gasteiger partial charge is 0.418 e. The summed E-state index contributed by atoms with van der Waals surface area (Å²) in [5.41, 5.74) is 0.0155. The predicted octanol–water partition coefficient (Wildman–Crippen LogP) is 4.06. The number of carbonyl (C=O) groups excluding carboxylic acids is 1. The van der Waals surface area contributed by atoms with Crippen LogP contribution in [0.4, 0.5) is 29.3 Å². The second-order valence-electron chi connectivity index (χ2n) is 5.78. The number of anilines is 2. The Kier molecular flexibility index (Phi) is 4.83. The summed E-state index contributed by atoms with van der Waals surface area (Å²) in [6.07, 6.45) is -4.50. The van der Waals surface area contributed by atoms with Gasteiger partial charge >= 0.3 is 12.2 Å². The third-order valence-corrected chi connectivity index (χ3v) is 4.16. The molecule has 25 heavy (non-hydrogen) atoms. The molecular weight excluding hydrogens is 331 g/mol. The predicted molar refractivity (Wildman–Crippen MR) is 90.7 cm³/mol. The summed E-state index contributed by atoms with van der Waals surface area (Å²) in [6, 6.07) is 14.3. The lowest BCUT2D eigenvalue weighted by Crippen LogP contribution is -2.50. The van der Waals surface area contributed by atoms with Crippen LogP contribution in [0.5, 0.6) is 0 Å². The number of hydrogen-bond donors (Lipinski definition) is 1. The fourth-order valence-corrected chi connectivity index (χ4v) is 2.84. The van der Waals surface area contributed by atoms with Crippen molar-refractivity contribution in [3.8, 4) is 0 Å². The average Bonchev–Trinajstić information content (AvgIpc) is 2.62. The van der Waals surface area contributed by atoms with Gasteiger partial charge in [-0.1, -0.05) is 30.3 Å². The first kappa shape index (κ1) is 17.1. The molecule has 0 unspecified atom stereocenters. The lowest BCUT2D eigenvalue weighted by molar-refractivity contribution is -0.136. The fraction of sp³-hybridized carbons (Fsp3) is 0.278. The number of para-hydroxylation sites is 2. The van der Waals surface area contributed by atoms with Crippen LogP contribution in [-0.2, 0) is 6.18 Å². The standard InChI is InChI=1S/C18H18F3N3O/c19-18(20,21)15-8-4-5-9-16(15)22-17(25)24-12-10-23(11-13-24)14-6-2-1-3-7-14/h1-9H,10-13H2,(H,22,25). The minimum atomic E-state index is -4.50. The van der Waals surface area contributed by atoms with Crippen molar-refractivity contribution >= 4 is 17.4 Å². The van der Waals surface area contributed by atoms with Gasteiger partial charge in [-0.05, 0) is 24.3 Å². The quantitative estimate of drug-likeness (QED) is 0.887. The third-order valence-electron chi connectivity index (χ3n) is 4.16. The first-order valence-electron chi connectivity index (χ1n) is 7.97. The fourth-order valence-electron chi connectivity index (χ4n) is 2.84. The Morgan fingerprint density at radius 2 is 1.48 bits per heavy atom. The molecule has 0 spiro atoms. The molecule has 0 aromatic heterocycles. The lowest BCUT2D eigenvalue weighted by Gasteiger charge is -2.36. The minimum absolute atomic E-state index is 0.217. The SMILES string of the molecule is O=C(Nc1ccccc1C(F)(F)F)N1CCN(c2ccccc2)CC1. The number of nitrogens with zero attached hydrogens (tertiary/aromatic N) is 2. The molecule has 1 saturated heterocycles. The number of hydrogen-bond acceptors (Lipinski definition) is 2. The van der Waals surface area contributed by atoms with E-state index < -0.39 is 17.8 Å². The van der Waals surface area contributed by atoms with Crippen LogP contribution in [0.15, 0.2) is 54.6 Å². The lowest BCUT2D eigenvalue weighted by atomic mass is 10.1. The highest BCUT2D eigenvalue weighted by atomic mass is 19.4. The molecule has 1 fully saturated rings. The van der Waals surface area contributed by atoms with E-state index in [-0.39, 0.29) is 5.69 Å². The van der Waals surface area contributed by atoms with Crippen molar-refractivity contribution in [2.24, 2.45) is 0 Å². The second-order valence-corrected chi connectivity index (χ2v) is 5.78. The number of carbonyl (C=O) groups is 1. The molecule has 0 atom stereocenters. The first-order valence-corrected chi connectivity index (χ1v) is 7.97. The number of piperazine rings is 1. The van der Waals surface area contributed by atoms with Crippen molar-refractivity contribution in [2.45, 2.75) is 6.18 Å². The molecule has 7 heteroatoms. The normalized spacial score (nSPS) is 15.2. The molecule has 2 aromatic carbocycles. The van der Waals surface area contributed by atoms with Gasteiger partial charge in [-0.2, -0.15) is 13.2 Å². The third kappa shape index (κ3) is 4.04. The van der Waals surface area contributed by atoms with Crippen LogP contribution in [0.2, 0.25) is 0 Å². The molecule has 3 rings (SSSR count). The van der Waals surface area contributed by atoms with Crippen LogP contribution >= 0.6 is 0 Å². The summed E-state index contributed by atoms with van der Waals surface area (Å²) in [4.78, 5) is 16.0. The van der Waals surface area contributed by atoms with E-state index in [1.807, 2.05) is 30.3 Å². The molecule has 1 N–H and O–H groups in total. The summed E-state index contributed by atoms with van der Waals surface area (Å²) in [5, 5.41) is 2.39. The van der Waals surface area contributed by atoms with Crippen molar-refractivity contribution < 1.29 is 18.0 Å². The summed E-state index contributed by atoms with van der Waals surface area (Å²) < 4.78 is 39.0. The Labute approximate surface area is 143 Å². The van der Waals surface area contributed by atoms with E-state index in [1.54, 1.807) is 0 Å². The average molecular weight is 349 g/mol. The monoisotopic (exact) mass is 349 g/mol. The highest BCUT2D eigenvalue weighted by Gasteiger charge is 2.34. The molecule has 2 amide bonds. The summed E-state index contributed by atoms with van der Waals surface area (Å²) in [6.45, 7) is 2.18. The zero-order valence-electron chi connectivity index (χ0n) is 13.5. The van der Waals surface area contributed by atoms with Crippen molar-refractivity contribution in [3.63, 3.8) is 0 Å². The van der Waals surface area contributed by atoms with Gasteiger partial charge in [0.15, 0.2) is 0 Å². The van der Waals surface area contributed by atoms with Crippen LogP contribution < -0.4 is 10.2 Å². The number of urea groups is 1. The number of halogens is 3. The van der Waals surface area contributed by atoms with E-state index in [1.165, 1.54) is 23.1 Å². The minimum Gasteiger partial charge on any atom is -0.368 e. The summed E-state index contributed by atoms with van der Waals surface area (Å²) in [5.74, 6) is 0. The Morgan fingerprint density at radius 3 is 2.12 bits per heavy atom. The molecule has 1 aliphatic rings. The highest BCUT2D eigenvalue weighted by molar-refractivity contribution is 5.90. The van der Waals surface area contributed by atoms with Crippen LogP contribution in [0, 0.1) is 0 Å². The number of rotatable bonds is 2. The van der Waals surface area contributed by atoms with E-state index >= 15 is 0 Å². The number of alkyl halides is 3. The Morgan fingerprint density at radius 1 is 0.880 bits per heavy atom. The van der Waals surface area contributed by atoms with Gasteiger partial charge in [0.1, 0.15) is 0 Å². The van der Waals surface area contributed by atoms with Gasteiger partial charge in [0, 0.05) is 31.9 Å². The number of amides is 2. The smallest absolute Gasteiger partial charge is 0.368 e. The Balaban J connectivity index is 1.63. The van der Waals surface area contributed by atoms with E-state index in [9.17, 15) is 18.0 Å². The zero-order chi connectivity index (χ0) is 17.9. The van der Waals surface area contributed by atoms with Gasteiger partial charge in [-0.3, -0.25) is 0 Å². The molecular formula is C18H18F3N3O. The second kappa shape index (κ2) is 7.04. The molecule has 1 heterocycles. The summed E-state index contributed by atoms with van der Waals surface area (Å²) in [7, 11) is 0. The van der Waals surface area contributed by atoms with Gasteiger partial charge < -0.3 is 15.1 Å². The van der Waals surface area contributed by atoms with Crippen LogP contribution in [0.25, 0.3) is 0 Å². The highest BCUT2D eigenvalue weighted by Crippen LogP contribution is 2.34. The maximum atomic E-state index is 13.0. The number of nitrogens with one attached hydrogen (secondary N) is 1. The van der Waals surface area contributed by atoms with Crippen LogP contribution in [-0.4, -0.2) is 37.1 Å². The zero-order valence-corrected chi connectivity index (χ0v) is 13.5. The molecule has 0 bridgehead atoms. The molecule has 2 aromatic rings.